The van der Waals surface area contributed by atoms with E-state index in [-0.39, 0.29) is 6.54 Å². The van der Waals surface area contributed by atoms with E-state index in [4.69, 9.17) is 9.47 Å². The predicted molar refractivity (Wildman–Crippen MR) is 77.7 cm³/mol. The number of carbonyl (C=O) groups is 2. The Labute approximate surface area is 125 Å². The second-order valence-electron chi connectivity index (χ2n) is 6.57. The Morgan fingerprint density at radius 3 is 2.48 bits per heavy atom. The highest BCUT2D eigenvalue weighted by Gasteiger charge is 2.56. The fourth-order valence-electron chi connectivity index (χ4n) is 2.61. The van der Waals surface area contributed by atoms with E-state index < -0.39 is 35.2 Å². The van der Waals surface area contributed by atoms with Crippen LogP contribution in [-0.2, 0) is 14.3 Å². The van der Waals surface area contributed by atoms with Gasteiger partial charge in [-0.2, -0.15) is 0 Å². The monoisotopic (exact) mass is 299 g/mol. The molecule has 1 heterocycles. The number of rotatable bonds is 3. The van der Waals surface area contributed by atoms with E-state index in [1.807, 2.05) is 0 Å². The summed E-state index contributed by atoms with van der Waals surface area (Å²) in [5.74, 6) is -0.568. The normalized spacial score (nSPS) is 29.1. The van der Waals surface area contributed by atoms with Crippen LogP contribution in [0, 0.1) is 5.41 Å². The Kier molecular flexibility index (Phi) is 5.04. The molecular formula is C15H25NO5. The SMILES string of the molecule is C=CCC1(C)C(O)CN(C(=O)OC(C)(C)C)[C@@H]1C(=O)OC. The van der Waals surface area contributed by atoms with Crippen LogP contribution in [0.5, 0.6) is 0 Å². The quantitative estimate of drug-likeness (QED) is 0.634. The van der Waals surface area contributed by atoms with Gasteiger partial charge in [0, 0.05) is 5.41 Å². The van der Waals surface area contributed by atoms with Crippen molar-refractivity contribution in [3.05, 3.63) is 12.7 Å². The van der Waals surface area contributed by atoms with Crippen molar-refractivity contribution >= 4 is 12.1 Å². The maximum atomic E-state index is 12.3. The van der Waals surface area contributed by atoms with Crippen LogP contribution in [-0.4, -0.2) is 53.5 Å². The number of hydrogen-bond acceptors (Lipinski definition) is 5. The zero-order valence-electron chi connectivity index (χ0n) is 13.4. The van der Waals surface area contributed by atoms with Gasteiger partial charge in [-0.25, -0.2) is 9.59 Å². The van der Waals surface area contributed by atoms with E-state index in [1.165, 1.54) is 12.0 Å². The van der Waals surface area contributed by atoms with Crippen molar-refractivity contribution in [1.29, 1.82) is 0 Å². The summed E-state index contributed by atoms with van der Waals surface area (Å²) in [4.78, 5) is 25.6. The molecule has 0 saturated carbocycles. The first kappa shape index (κ1) is 17.5. The molecule has 1 amide bonds. The second-order valence-corrected chi connectivity index (χ2v) is 6.57. The van der Waals surface area contributed by atoms with Gasteiger partial charge in [0.15, 0.2) is 0 Å². The number of nitrogens with zero attached hydrogens (tertiary/aromatic N) is 1. The number of hydrogen-bond donors (Lipinski definition) is 1. The van der Waals surface area contributed by atoms with Crippen molar-refractivity contribution in [2.75, 3.05) is 13.7 Å². The van der Waals surface area contributed by atoms with Crippen molar-refractivity contribution in [2.45, 2.75) is 51.9 Å². The molecule has 6 heteroatoms. The van der Waals surface area contributed by atoms with Crippen LogP contribution in [0.1, 0.15) is 34.1 Å². The van der Waals surface area contributed by atoms with E-state index in [1.54, 1.807) is 33.8 Å². The van der Waals surface area contributed by atoms with Crippen LogP contribution in [0.4, 0.5) is 4.79 Å². The fourth-order valence-corrected chi connectivity index (χ4v) is 2.61. The lowest BCUT2D eigenvalue weighted by Crippen LogP contribution is -2.49. The Hall–Kier alpha value is -1.56. The highest BCUT2D eigenvalue weighted by Crippen LogP contribution is 2.41. The van der Waals surface area contributed by atoms with Crippen molar-refractivity contribution in [2.24, 2.45) is 5.41 Å². The van der Waals surface area contributed by atoms with Crippen LogP contribution in [0.3, 0.4) is 0 Å². The van der Waals surface area contributed by atoms with E-state index in [2.05, 4.69) is 6.58 Å². The standard InChI is InChI=1S/C15H25NO5/c1-7-8-15(5)10(17)9-16(11(15)12(18)20-6)13(19)21-14(2,3)4/h7,10-11,17H,1,8-9H2,2-6H3/t10?,11-,15?/m1/s1. The van der Waals surface area contributed by atoms with E-state index in [0.29, 0.717) is 6.42 Å². The smallest absolute Gasteiger partial charge is 0.411 e. The number of likely N-dealkylation sites (tertiary alicyclic amines) is 1. The number of β-amino-alcohol motifs (C(OH)–C–C–N with tert-alkyl or cyclic N) is 1. The maximum Gasteiger partial charge on any atom is 0.411 e. The molecule has 0 aromatic rings. The van der Waals surface area contributed by atoms with Crippen LogP contribution >= 0.6 is 0 Å². The van der Waals surface area contributed by atoms with Crippen LogP contribution in [0.15, 0.2) is 12.7 Å². The number of ether oxygens (including phenoxy) is 2. The molecule has 3 atom stereocenters. The van der Waals surface area contributed by atoms with Gasteiger partial charge in [-0.15, -0.1) is 6.58 Å². The lowest BCUT2D eigenvalue weighted by atomic mass is 9.77. The van der Waals surface area contributed by atoms with Gasteiger partial charge in [-0.1, -0.05) is 13.0 Å². The Bertz CT molecular complexity index is 428. The summed E-state index contributed by atoms with van der Waals surface area (Å²) in [6.45, 7) is 10.7. The number of esters is 1. The Morgan fingerprint density at radius 1 is 1.48 bits per heavy atom. The third-order valence-electron chi connectivity index (χ3n) is 3.70. The van der Waals surface area contributed by atoms with Gasteiger partial charge in [-0.3, -0.25) is 4.90 Å². The molecule has 0 bridgehead atoms. The van der Waals surface area contributed by atoms with E-state index in [0.717, 1.165) is 0 Å². The van der Waals surface area contributed by atoms with E-state index >= 15 is 0 Å². The van der Waals surface area contributed by atoms with Crippen LogP contribution in [0.25, 0.3) is 0 Å². The number of aliphatic hydroxyl groups is 1. The minimum atomic E-state index is -0.898. The Morgan fingerprint density at radius 2 is 2.05 bits per heavy atom. The molecule has 21 heavy (non-hydrogen) atoms. The molecule has 0 aliphatic carbocycles. The Balaban J connectivity index is 3.11. The van der Waals surface area contributed by atoms with Crippen molar-refractivity contribution in [1.82, 2.24) is 4.90 Å². The molecule has 0 spiro atoms. The molecular weight excluding hydrogens is 274 g/mol. The first-order valence-electron chi connectivity index (χ1n) is 6.93. The largest absolute Gasteiger partial charge is 0.467 e. The number of aliphatic hydroxyl groups excluding tert-OH is 1. The fraction of sp³-hybridized carbons (Fsp3) is 0.733. The predicted octanol–water partition coefficient (Wildman–Crippen LogP) is 1.72. The molecule has 1 aliphatic rings. The summed E-state index contributed by atoms with van der Waals surface area (Å²) in [5, 5.41) is 10.3. The average Bonchev–Trinajstić information content (AvgIpc) is 2.60. The minimum Gasteiger partial charge on any atom is -0.467 e. The topological polar surface area (TPSA) is 76.1 Å². The molecule has 1 saturated heterocycles. The van der Waals surface area contributed by atoms with Crippen molar-refractivity contribution in [3.63, 3.8) is 0 Å². The van der Waals surface area contributed by atoms with Gasteiger partial charge in [0.1, 0.15) is 11.6 Å². The molecule has 1 N–H and O–H groups in total. The highest BCUT2D eigenvalue weighted by molar-refractivity contribution is 5.83. The van der Waals surface area contributed by atoms with E-state index in [9.17, 15) is 14.7 Å². The number of methoxy groups -OCH3 is 1. The summed E-state index contributed by atoms with van der Waals surface area (Å²) >= 11 is 0. The average molecular weight is 299 g/mol. The van der Waals surface area contributed by atoms with Gasteiger partial charge in [0.25, 0.3) is 0 Å². The molecule has 120 valence electrons. The summed E-state index contributed by atoms with van der Waals surface area (Å²) in [5.41, 5.74) is -1.52. The molecule has 0 aromatic heterocycles. The van der Waals surface area contributed by atoms with Gasteiger partial charge >= 0.3 is 12.1 Å². The lowest BCUT2D eigenvalue weighted by Gasteiger charge is -2.34. The first-order chi connectivity index (χ1) is 9.56. The van der Waals surface area contributed by atoms with Crippen LogP contribution in [0.2, 0.25) is 0 Å². The molecule has 0 aromatic carbocycles. The minimum absolute atomic E-state index is 0.0268. The molecule has 0 radical (unpaired) electrons. The molecule has 1 fully saturated rings. The van der Waals surface area contributed by atoms with Crippen molar-refractivity contribution < 1.29 is 24.2 Å². The molecule has 1 rings (SSSR count). The number of carbonyl (C=O) groups excluding carboxylic acids is 2. The summed E-state index contributed by atoms with van der Waals surface area (Å²) in [7, 11) is 1.26. The van der Waals surface area contributed by atoms with Gasteiger partial charge < -0.3 is 14.6 Å². The summed E-state index contributed by atoms with van der Waals surface area (Å²) in [6, 6.07) is -0.898. The van der Waals surface area contributed by atoms with Crippen molar-refractivity contribution in [3.8, 4) is 0 Å². The highest BCUT2D eigenvalue weighted by atomic mass is 16.6. The zero-order valence-corrected chi connectivity index (χ0v) is 13.4. The molecule has 1 aliphatic heterocycles. The molecule has 2 unspecified atom stereocenters. The van der Waals surface area contributed by atoms with Gasteiger partial charge in [0.05, 0.1) is 19.8 Å². The van der Waals surface area contributed by atoms with Gasteiger partial charge in [-0.05, 0) is 27.2 Å². The third-order valence-corrected chi connectivity index (χ3v) is 3.70. The third kappa shape index (κ3) is 3.56. The first-order valence-corrected chi connectivity index (χ1v) is 6.93. The molecule has 6 nitrogen and oxygen atoms in total. The lowest BCUT2D eigenvalue weighted by molar-refractivity contribution is -0.149. The second kappa shape index (κ2) is 6.05. The van der Waals surface area contributed by atoms with Gasteiger partial charge in [0.2, 0.25) is 0 Å². The zero-order chi connectivity index (χ0) is 16.4. The number of amides is 1. The summed E-state index contributed by atoms with van der Waals surface area (Å²) in [6.07, 6.45) is 0.516. The number of allylic oxidation sites excluding steroid dienone is 1. The van der Waals surface area contributed by atoms with Crippen LogP contribution < -0.4 is 0 Å². The summed E-state index contributed by atoms with van der Waals surface area (Å²) < 4.78 is 10.1. The maximum absolute atomic E-state index is 12.3.